The highest BCUT2D eigenvalue weighted by molar-refractivity contribution is 5.92. The van der Waals surface area contributed by atoms with E-state index >= 15 is 0 Å². The molecule has 0 saturated carbocycles. The highest BCUT2D eigenvalue weighted by atomic mass is 16.3. The van der Waals surface area contributed by atoms with E-state index in [-0.39, 0.29) is 18.4 Å². The molecule has 0 aliphatic carbocycles. The predicted molar refractivity (Wildman–Crippen MR) is 66.8 cm³/mol. The van der Waals surface area contributed by atoms with Crippen LogP contribution in [0.15, 0.2) is 18.3 Å². The summed E-state index contributed by atoms with van der Waals surface area (Å²) in [5.41, 5.74) is 0.728. The van der Waals surface area contributed by atoms with Crippen LogP contribution >= 0.6 is 0 Å². The number of aliphatic hydroxyl groups is 1. The molecule has 1 amide bonds. The number of nitrogens with one attached hydrogen (secondary N) is 1. The van der Waals surface area contributed by atoms with Crippen LogP contribution in [0, 0.1) is 17.2 Å². The zero-order chi connectivity index (χ0) is 13.4. The SMILES string of the molecule is CCC(CCO)CNC(=O)c1ccc(C#N)cn1. The van der Waals surface area contributed by atoms with E-state index in [1.165, 1.54) is 12.3 Å². The molecule has 0 aliphatic rings. The minimum Gasteiger partial charge on any atom is -0.396 e. The summed E-state index contributed by atoms with van der Waals surface area (Å²) in [6.45, 7) is 2.67. The molecule has 0 radical (unpaired) electrons. The number of pyridine rings is 1. The Bertz CT molecular complexity index is 423. The third kappa shape index (κ3) is 4.15. The summed E-state index contributed by atoms with van der Waals surface area (Å²) < 4.78 is 0. The van der Waals surface area contributed by atoms with E-state index in [0.29, 0.717) is 24.2 Å². The van der Waals surface area contributed by atoms with Crippen LogP contribution in [-0.4, -0.2) is 29.1 Å². The van der Waals surface area contributed by atoms with Gasteiger partial charge in [-0.25, -0.2) is 4.98 Å². The molecule has 1 unspecified atom stereocenters. The van der Waals surface area contributed by atoms with Crippen molar-refractivity contribution in [2.24, 2.45) is 5.92 Å². The number of aliphatic hydroxyl groups excluding tert-OH is 1. The van der Waals surface area contributed by atoms with Gasteiger partial charge in [0.25, 0.3) is 5.91 Å². The van der Waals surface area contributed by atoms with Gasteiger partial charge in [-0.3, -0.25) is 4.79 Å². The lowest BCUT2D eigenvalue weighted by molar-refractivity contribution is 0.0938. The molecule has 96 valence electrons. The number of nitrogens with zero attached hydrogens (tertiary/aromatic N) is 2. The molecule has 18 heavy (non-hydrogen) atoms. The Morgan fingerprint density at radius 2 is 2.39 bits per heavy atom. The average molecular weight is 247 g/mol. The second-order valence-electron chi connectivity index (χ2n) is 4.04. The first-order valence-corrected chi connectivity index (χ1v) is 5.96. The van der Waals surface area contributed by atoms with Crippen molar-refractivity contribution in [2.75, 3.05) is 13.2 Å². The lowest BCUT2D eigenvalue weighted by Gasteiger charge is -2.13. The van der Waals surface area contributed by atoms with Crippen LogP contribution in [-0.2, 0) is 0 Å². The van der Waals surface area contributed by atoms with Crippen LogP contribution in [0.1, 0.15) is 35.8 Å². The lowest BCUT2D eigenvalue weighted by atomic mass is 10.0. The third-order valence-electron chi connectivity index (χ3n) is 2.79. The fourth-order valence-electron chi connectivity index (χ4n) is 1.56. The zero-order valence-electron chi connectivity index (χ0n) is 10.4. The number of carbonyl (C=O) groups excluding carboxylic acids is 1. The largest absolute Gasteiger partial charge is 0.396 e. The Balaban J connectivity index is 2.52. The minimum absolute atomic E-state index is 0.128. The number of amides is 1. The van der Waals surface area contributed by atoms with Crippen molar-refractivity contribution < 1.29 is 9.90 Å². The quantitative estimate of drug-likeness (QED) is 0.788. The van der Waals surface area contributed by atoms with Crippen molar-refractivity contribution in [1.29, 1.82) is 5.26 Å². The van der Waals surface area contributed by atoms with E-state index in [2.05, 4.69) is 10.3 Å². The number of carbonyl (C=O) groups is 1. The second-order valence-corrected chi connectivity index (χ2v) is 4.04. The third-order valence-corrected chi connectivity index (χ3v) is 2.79. The average Bonchev–Trinajstić information content (AvgIpc) is 2.43. The Morgan fingerprint density at radius 1 is 1.61 bits per heavy atom. The summed E-state index contributed by atoms with van der Waals surface area (Å²) >= 11 is 0. The van der Waals surface area contributed by atoms with Crippen molar-refractivity contribution in [3.8, 4) is 6.07 Å². The van der Waals surface area contributed by atoms with E-state index in [1.807, 2.05) is 13.0 Å². The molecule has 1 aromatic heterocycles. The molecule has 1 aromatic rings. The van der Waals surface area contributed by atoms with E-state index in [1.54, 1.807) is 6.07 Å². The molecule has 1 rings (SSSR count). The van der Waals surface area contributed by atoms with Crippen molar-refractivity contribution >= 4 is 5.91 Å². The van der Waals surface area contributed by atoms with Gasteiger partial charge in [0.15, 0.2) is 0 Å². The van der Waals surface area contributed by atoms with Crippen LogP contribution < -0.4 is 5.32 Å². The summed E-state index contributed by atoms with van der Waals surface area (Å²) in [7, 11) is 0. The Labute approximate surface area is 106 Å². The molecule has 1 atom stereocenters. The monoisotopic (exact) mass is 247 g/mol. The highest BCUT2D eigenvalue weighted by Crippen LogP contribution is 2.06. The first kappa shape index (κ1) is 14.1. The first-order chi connectivity index (χ1) is 8.71. The number of hydrogen-bond donors (Lipinski definition) is 2. The summed E-state index contributed by atoms with van der Waals surface area (Å²) in [5.74, 6) is 0.0215. The van der Waals surface area contributed by atoms with Crippen molar-refractivity contribution in [1.82, 2.24) is 10.3 Å². The summed E-state index contributed by atoms with van der Waals surface area (Å²) in [6.07, 6.45) is 2.96. The first-order valence-electron chi connectivity index (χ1n) is 5.96. The summed E-state index contributed by atoms with van der Waals surface area (Å²) in [4.78, 5) is 15.7. The minimum atomic E-state index is -0.254. The Morgan fingerprint density at radius 3 is 2.89 bits per heavy atom. The maximum atomic E-state index is 11.7. The normalized spacial score (nSPS) is 11.6. The number of nitriles is 1. The maximum Gasteiger partial charge on any atom is 0.269 e. The molecule has 2 N–H and O–H groups in total. The van der Waals surface area contributed by atoms with Crippen LogP contribution in [0.3, 0.4) is 0 Å². The maximum absolute atomic E-state index is 11.7. The highest BCUT2D eigenvalue weighted by Gasteiger charge is 2.10. The predicted octanol–water partition coefficient (Wildman–Crippen LogP) is 1.09. The van der Waals surface area contributed by atoms with E-state index in [4.69, 9.17) is 10.4 Å². The Kier molecular flexibility index (Phi) is 5.81. The van der Waals surface area contributed by atoms with Gasteiger partial charge in [-0.15, -0.1) is 0 Å². The van der Waals surface area contributed by atoms with E-state index in [0.717, 1.165) is 6.42 Å². The van der Waals surface area contributed by atoms with Crippen LogP contribution in [0.5, 0.6) is 0 Å². The topological polar surface area (TPSA) is 86.0 Å². The molecule has 5 heteroatoms. The fraction of sp³-hybridized carbons (Fsp3) is 0.462. The number of aromatic nitrogens is 1. The molecule has 1 heterocycles. The van der Waals surface area contributed by atoms with Crippen molar-refractivity contribution in [2.45, 2.75) is 19.8 Å². The molecule has 0 bridgehead atoms. The van der Waals surface area contributed by atoms with Gasteiger partial charge in [0.1, 0.15) is 11.8 Å². The Hall–Kier alpha value is -1.93. The fourth-order valence-corrected chi connectivity index (χ4v) is 1.56. The lowest BCUT2D eigenvalue weighted by Crippen LogP contribution is -2.30. The summed E-state index contributed by atoms with van der Waals surface area (Å²) in [6, 6.07) is 5.04. The molecule has 0 fully saturated rings. The van der Waals surface area contributed by atoms with Gasteiger partial charge in [-0.2, -0.15) is 5.26 Å². The van der Waals surface area contributed by atoms with Gasteiger partial charge < -0.3 is 10.4 Å². The van der Waals surface area contributed by atoms with Crippen molar-refractivity contribution in [3.63, 3.8) is 0 Å². The van der Waals surface area contributed by atoms with Crippen LogP contribution in [0.25, 0.3) is 0 Å². The molecule has 0 aromatic carbocycles. The van der Waals surface area contributed by atoms with Gasteiger partial charge in [0.05, 0.1) is 5.56 Å². The number of rotatable bonds is 6. The molecular weight excluding hydrogens is 230 g/mol. The van der Waals surface area contributed by atoms with E-state index in [9.17, 15) is 4.79 Å². The molecule has 5 nitrogen and oxygen atoms in total. The molecular formula is C13H17N3O2. The number of hydrogen-bond acceptors (Lipinski definition) is 4. The van der Waals surface area contributed by atoms with Gasteiger partial charge in [-0.1, -0.05) is 13.3 Å². The smallest absolute Gasteiger partial charge is 0.269 e. The molecule has 0 aliphatic heterocycles. The van der Waals surface area contributed by atoms with Gasteiger partial charge >= 0.3 is 0 Å². The van der Waals surface area contributed by atoms with Crippen LogP contribution in [0.4, 0.5) is 0 Å². The van der Waals surface area contributed by atoms with Gasteiger partial charge in [0.2, 0.25) is 0 Å². The van der Waals surface area contributed by atoms with E-state index < -0.39 is 0 Å². The van der Waals surface area contributed by atoms with Crippen molar-refractivity contribution in [3.05, 3.63) is 29.6 Å². The van der Waals surface area contributed by atoms with Gasteiger partial charge in [0, 0.05) is 19.3 Å². The standard InChI is InChI=1S/C13H17N3O2/c1-2-10(5-6-17)8-16-13(18)12-4-3-11(7-14)9-15-12/h3-4,9-10,17H,2,5-6,8H2,1H3,(H,16,18). The summed E-state index contributed by atoms with van der Waals surface area (Å²) in [5, 5.41) is 20.2. The zero-order valence-corrected chi connectivity index (χ0v) is 10.4. The molecule has 0 saturated heterocycles. The van der Waals surface area contributed by atoms with Crippen LogP contribution in [0.2, 0.25) is 0 Å². The second kappa shape index (κ2) is 7.41. The molecule has 0 spiro atoms. The van der Waals surface area contributed by atoms with Gasteiger partial charge in [-0.05, 0) is 24.5 Å².